The number of carbonyl (C=O) groups is 3. The summed E-state index contributed by atoms with van der Waals surface area (Å²) >= 11 is 0. The first-order valence-corrected chi connectivity index (χ1v) is 8.85. The molecule has 0 aromatic carbocycles. The number of hydrogen-bond donors (Lipinski definition) is 0. The summed E-state index contributed by atoms with van der Waals surface area (Å²) in [6.45, 7) is 6.41. The van der Waals surface area contributed by atoms with E-state index in [4.69, 9.17) is 14.2 Å². The van der Waals surface area contributed by atoms with Crippen LogP contribution in [0, 0.1) is 5.41 Å². The minimum absolute atomic E-state index is 0.238. The Morgan fingerprint density at radius 3 is 1.83 bits per heavy atom. The fourth-order valence-electron chi connectivity index (χ4n) is 2.71. The average molecular weight is 344 g/mol. The van der Waals surface area contributed by atoms with E-state index in [1.54, 1.807) is 6.92 Å². The van der Waals surface area contributed by atoms with Gasteiger partial charge in [-0.05, 0) is 45.4 Å². The minimum Gasteiger partial charge on any atom is -0.469 e. The molecule has 0 spiro atoms. The molecule has 0 aliphatic carbocycles. The molecule has 0 aromatic rings. The number of carbonyl (C=O) groups excluding carboxylic acids is 3. The van der Waals surface area contributed by atoms with Crippen molar-refractivity contribution in [2.45, 2.75) is 72.1 Å². The molecule has 24 heavy (non-hydrogen) atoms. The molecular weight excluding hydrogens is 312 g/mol. The van der Waals surface area contributed by atoms with Gasteiger partial charge in [0.2, 0.25) is 0 Å². The lowest BCUT2D eigenvalue weighted by atomic mass is 9.76. The van der Waals surface area contributed by atoms with Gasteiger partial charge in [-0.25, -0.2) is 0 Å². The first-order chi connectivity index (χ1) is 11.5. The van der Waals surface area contributed by atoms with Crippen molar-refractivity contribution in [1.82, 2.24) is 0 Å². The second-order valence-electron chi connectivity index (χ2n) is 5.86. The highest BCUT2D eigenvalue weighted by molar-refractivity contribution is 5.77. The fraction of sp³-hybridized carbons (Fsp3) is 0.833. The van der Waals surface area contributed by atoms with Crippen LogP contribution >= 0.6 is 0 Å². The lowest BCUT2D eigenvalue weighted by Gasteiger charge is -2.29. The maximum atomic E-state index is 12.3. The van der Waals surface area contributed by atoms with Gasteiger partial charge in [-0.15, -0.1) is 0 Å². The molecular formula is C18H32O6. The van der Waals surface area contributed by atoms with E-state index in [2.05, 4.69) is 0 Å². The Hall–Kier alpha value is -1.59. The summed E-state index contributed by atoms with van der Waals surface area (Å²) in [4.78, 5) is 35.3. The molecule has 0 aromatic heterocycles. The number of esters is 3. The zero-order valence-corrected chi connectivity index (χ0v) is 15.5. The van der Waals surface area contributed by atoms with Gasteiger partial charge in [-0.2, -0.15) is 0 Å². The summed E-state index contributed by atoms with van der Waals surface area (Å²) < 4.78 is 14.9. The van der Waals surface area contributed by atoms with Crippen LogP contribution in [0.25, 0.3) is 0 Å². The molecule has 0 aliphatic rings. The molecule has 0 N–H and O–H groups in total. The summed E-state index contributed by atoms with van der Waals surface area (Å²) in [5.74, 6) is -0.774. The van der Waals surface area contributed by atoms with Crippen molar-refractivity contribution in [3.63, 3.8) is 0 Å². The highest BCUT2D eigenvalue weighted by atomic mass is 16.5. The van der Waals surface area contributed by atoms with Gasteiger partial charge in [-0.3, -0.25) is 14.4 Å². The molecule has 6 heteroatoms. The Morgan fingerprint density at radius 1 is 0.875 bits per heavy atom. The van der Waals surface area contributed by atoms with Crippen molar-refractivity contribution >= 4 is 17.9 Å². The van der Waals surface area contributed by atoms with Crippen molar-refractivity contribution in [1.29, 1.82) is 0 Å². The van der Waals surface area contributed by atoms with Crippen molar-refractivity contribution in [2.75, 3.05) is 20.3 Å². The Labute approximate surface area is 145 Å². The third-order valence-electron chi connectivity index (χ3n) is 4.14. The lowest BCUT2D eigenvalue weighted by molar-refractivity contribution is -0.155. The van der Waals surface area contributed by atoms with E-state index in [0.717, 1.165) is 6.42 Å². The van der Waals surface area contributed by atoms with Gasteiger partial charge in [-0.1, -0.05) is 13.8 Å². The summed E-state index contributed by atoms with van der Waals surface area (Å²) in [5, 5.41) is 0. The summed E-state index contributed by atoms with van der Waals surface area (Å²) in [6.07, 6.45) is 4.17. The molecule has 0 aliphatic heterocycles. The van der Waals surface area contributed by atoms with Crippen LogP contribution in [0.5, 0.6) is 0 Å². The van der Waals surface area contributed by atoms with Crippen molar-refractivity contribution in [3.8, 4) is 0 Å². The van der Waals surface area contributed by atoms with Crippen LogP contribution in [0.2, 0.25) is 0 Å². The molecule has 0 radical (unpaired) electrons. The van der Waals surface area contributed by atoms with Crippen molar-refractivity contribution < 1.29 is 28.6 Å². The van der Waals surface area contributed by atoms with Gasteiger partial charge in [0.15, 0.2) is 0 Å². The second-order valence-corrected chi connectivity index (χ2v) is 5.86. The van der Waals surface area contributed by atoms with Crippen LogP contribution in [0.1, 0.15) is 72.1 Å². The smallest absolute Gasteiger partial charge is 0.311 e. The van der Waals surface area contributed by atoms with Crippen LogP contribution in [-0.2, 0) is 28.6 Å². The van der Waals surface area contributed by atoms with E-state index in [0.29, 0.717) is 45.3 Å². The number of methoxy groups -OCH3 is 1. The van der Waals surface area contributed by atoms with Gasteiger partial charge in [0.05, 0.1) is 25.7 Å². The topological polar surface area (TPSA) is 78.9 Å². The summed E-state index contributed by atoms with van der Waals surface area (Å²) in [5.41, 5.74) is -0.660. The summed E-state index contributed by atoms with van der Waals surface area (Å²) in [7, 11) is 1.37. The lowest BCUT2D eigenvalue weighted by Crippen LogP contribution is -2.32. The van der Waals surface area contributed by atoms with Crippen LogP contribution < -0.4 is 0 Å². The molecule has 0 heterocycles. The predicted octanol–water partition coefficient (Wildman–Crippen LogP) is 3.41. The average Bonchev–Trinajstić information content (AvgIpc) is 2.58. The maximum absolute atomic E-state index is 12.3. The number of rotatable bonds is 13. The van der Waals surface area contributed by atoms with Crippen molar-refractivity contribution in [3.05, 3.63) is 0 Å². The monoisotopic (exact) mass is 344 g/mol. The predicted molar refractivity (Wildman–Crippen MR) is 90.3 cm³/mol. The van der Waals surface area contributed by atoms with E-state index in [1.807, 2.05) is 13.8 Å². The zero-order chi connectivity index (χ0) is 18.4. The van der Waals surface area contributed by atoms with Gasteiger partial charge in [0, 0.05) is 12.8 Å². The van der Waals surface area contributed by atoms with Crippen LogP contribution in [0.15, 0.2) is 0 Å². The van der Waals surface area contributed by atoms with E-state index in [9.17, 15) is 14.4 Å². The molecule has 0 saturated carbocycles. The van der Waals surface area contributed by atoms with Crippen LogP contribution in [0.3, 0.4) is 0 Å². The molecule has 0 bridgehead atoms. The molecule has 0 saturated heterocycles. The Balaban J connectivity index is 4.57. The van der Waals surface area contributed by atoms with Gasteiger partial charge in [0.1, 0.15) is 0 Å². The van der Waals surface area contributed by atoms with Crippen molar-refractivity contribution in [2.24, 2.45) is 5.41 Å². The van der Waals surface area contributed by atoms with Crippen LogP contribution in [0.4, 0.5) is 0 Å². The Morgan fingerprint density at radius 2 is 1.42 bits per heavy atom. The number of ether oxygens (including phenoxy) is 3. The maximum Gasteiger partial charge on any atom is 0.311 e. The van der Waals surface area contributed by atoms with E-state index in [-0.39, 0.29) is 30.7 Å². The third-order valence-corrected chi connectivity index (χ3v) is 4.14. The number of hydrogen-bond acceptors (Lipinski definition) is 6. The highest BCUT2D eigenvalue weighted by Crippen LogP contribution is 2.36. The van der Waals surface area contributed by atoms with Crippen LogP contribution in [-0.4, -0.2) is 38.2 Å². The molecule has 1 unspecified atom stereocenters. The molecule has 6 nitrogen and oxygen atoms in total. The highest BCUT2D eigenvalue weighted by Gasteiger charge is 2.37. The first kappa shape index (κ1) is 22.4. The third kappa shape index (κ3) is 8.31. The zero-order valence-electron chi connectivity index (χ0n) is 15.5. The molecule has 0 rings (SSSR count). The quantitative estimate of drug-likeness (QED) is 0.376. The molecule has 140 valence electrons. The van der Waals surface area contributed by atoms with E-state index < -0.39 is 5.41 Å². The standard InChI is InChI=1S/C18H32O6/c1-5-14-24-16(20)11-9-13-18(6-2,17(21)22-4)12-8-10-15(19)23-7-3/h5-14H2,1-4H3. The van der Waals surface area contributed by atoms with Gasteiger partial charge < -0.3 is 14.2 Å². The Bertz CT molecular complexity index is 393. The van der Waals surface area contributed by atoms with E-state index >= 15 is 0 Å². The molecule has 0 fully saturated rings. The normalized spacial score (nSPS) is 13.0. The fourth-order valence-corrected chi connectivity index (χ4v) is 2.71. The van der Waals surface area contributed by atoms with Gasteiger partial charge >= 0.3 is 17.9 Å². The molecule has 1 atom stereocenters. The van der Waals surface area contributed by atoms with E-state index in [1.165, 1.54) is 7.11 Å². The SMILES string of the molecule is CCCOC(=O)CCCC(CC)(CCCC(=O)OCC)C(=O)OC. The van der Waals surface area contributed by atoms with Gasteiger partial charge in [0.25, 0.3) is 0 Å². The first-order valence-electron chi connectivity index (χ1n) is 8.85. The summed E-state index contributed by atoms with van der Waals surface area (Å²) in [6, 6.07) is 0. The largest absolute Gasteiger partial charge is 0.469 e. The minimum atomic E-state index is -0.660. The second kappa shape index (κ2) is 12.8. The Kier molecular flexibility index (Phi) is 11.9. The molecule has 0 amide bonds.